The fourth-order valence-corrected chi connectivity index (χ4v) is 9.48. The summed E-state index contributed by atoms with van der Waals surface area (Å²) in [5, 5.41) is 13.0. The molecule has 12 heteroatoms. The molecule has 3 fully saturated rings. The van der Waals surface area contributed by atoms with E-state index in [1.54, 1.807) is 17.5 Å². The summed E-state index contributed by atoms with van der Waals surface area (Å²) < 4.78 is 31.1. The fourth-order valence-electron chi connectivity index (χ4n) is 6.75. The minimum atomic E-state index is -2.90. The van der Waals surface area contributed by atoms with Gasteiger partial charge in [0.05, 0.1) is 48.0 Å². The maximum atomic E-state index is 11.8. The van der Waals surface area contributed by atoms with Crippen molar-refractivity contribution in [2.75, 3.05) is 48.4 Å². The van der Waals surface area contributed by atoms with Crippen LogP contribution in [0, 0.1) is 0 Å². The highest BCUT2D eigenvalue weighted by Crippen LogP contribution is 2.41. The molecule has 0 aromatic carbocycles. The Hall–Kier alpha value is -2.28. The molecule has 0 spiro atoms. The molecule has 3 aromatic rings. The lowest BCUT2D eigenvalue weighted by Gasteiger charge is -2.39. The summed E-state index contributed by atoms with van der Waals surface area (Å²) in [5.74, 6) is 2.00. The van der Waals surface area contributed by atoms with Gasteiger partial charge in [0.25, 0.3) is 0 Å². The Morgan fingerprint density at radius 3 is 2.56 bits per heavy atom. The normalized spacial score (nSPS) is 26.1. The van der Waals surface area contributed by atoms with E-state index in [1.165, 1.54) is 35.1 Å². The van der Waals surface area contributed by atoms with Crippen LogP contribution in [-0.4, -0.2) is 83.0 Å². The quantitative estimate of drug-likeness (QED) is 0.454. The molecule has 0 radical (unpaired) electrons. The first-order chi connectivity index (χ1) is 19.0. The molecule has 39 heavy (non-hydrogen) atoms. The number of morpholine rings is 1. The van der Waals surface area contributed by atoms with E-state index >= 15 is 0 Å². The molecule has 10 nitrogen and oxygen atoms in total. The molecule has 0 amide bonds. The number of ether oxygens (including phenoxy) is 1. The summed E-state index contributed by atoms with van der Waals surface area (Å²) in [7, 11) is -2.90. The topological polar surface area (TPSA) is 114 Å². The Morgan fingerprint density at radius 2 is 1.77 bits per heavy atom. The van der Waals surface area contributed by atoms with E-state index in [4.69, 9.17) is 14.7 Å². The average molecular weight is 572 g/mol. The van der Waals surface area contributed by atoms with Crippen molar-refractivity contribution in [3.63, 3.8) is 0 Å². The third-order valence-corrected chi connectivity index (χ3v) is 11.8. The zero-order valence-electron chi connectivity index (χ0n) is 22.3. The van der Waals surface area contributed by atoms with Crippen molar-refractivity contribution in [3.05, 3.63) is 22.8 Å². The number of aryl methyl sites for hydroxylation is 2. The van der Waals surface area contributed by atoms with Crippen molar-refractivity contribution in [2.24, 2.45) is 0 Å². The van der Waals surface area contributed by atoms with E-state index in [9.17, 15) is 8.42 Å². The highest BCUT2D eigenvalue weighted by atomic mass is 32.2. The number of sulfone groups is 1. The van der Waals surface area contributed by atoms with Gasteiger partial charge in [0, 0.05) is 36.2 Å². The number of thiophene rings is 1. The molecule has 210 valence electrons. The van der Waals surface area contributed by atoms with Crippen LogP contribution in [0.5, 0.6) is 0 Å². The highest BCUT2D eigenvalue weighted by Gasteiger charge is 2.29. The third kappa shape index (κ3) is 5.40. The number of fused-ring (bicyclic) bond motifs is 3. The van der Waals surface area contributed by atoms with Gasteiger partial charge in [-0.2, -0.15) is 10.1 Å². The molecule has 0 atom stereocenters. The van der Waals surface area contributed by atoms with E-state index < -0.39 is 9.84 Å². The van der Waals surface area contributed by atoms with Gasteiger partial charge < -0.3 is 15.4 Å². The van der Waals surface area contributed by atoms with Crippen LogP contribution in [0.2, 0.25) is 0 Å². The largest absolute Gasteiger partial charge is 0.379 e. The van der Waals surface area contributed by atoms with Crippen LogP contribution in [0.1, 0.15) is 61.4 Å². The summed E-state index contributed by atoms with van der Waals surface area (Å²) in [5.41, 5.74) is 2.26. The smallest absolute Gasteiger partial charge is 0.230 e. The van der Waals surface area contributed by atoms with Crippen LogP contribution < -0.4 is 10.6 Å². The number of rotatable bonds is 6. The molecule has 5 heterocycles. The molecule has 2 N–H and O–H groups in total. The second kappa shape index (κ2) is 10.6. The van der Waals surface area contributed by atoms with Crippen LogP contribution in [0.15, 0.2) is 12.4 Å². The monoisotopic (exact) mass is 571 g/mol. The van der Waals surface area contributed by atoms with Crippen molar-refractivity contribution in [1.29, 1.82) is 0 Å². The maximum Gasteiger partial charge on any atom is 0.230 e. The molecule has 7 rings (SSSR count). The number of nitrogens with one attached hydrogen (secondary N) is 2. The molecule has 0 unspecified atom stereocenters. The van der Waals surface area contributed by atoms with Gasteiger partial charge in [-0.05, 0) is 63.4 Å². The molecule has 1 saturated carbocycles. The van der Waals surface area contributed by atoms with E-state index in [0.29, 0.717) is 30.9 Å². The third-order valence-electron chi connectivity index (χ3n) is 8.92. The lowest BCUT2D eigenvalue weighted by Crippen LogP contribution is -2.46. The predicted octanol–water partition coefficient (Wildman–Crippen LogP) is 3.93. The minimum Gasteiger partial charge on any atom is -0.379 e. The summed E-state index contributed by atoms with van der Waals surface area (Å²) in [6.45, 7) is 3.83. The molecule has 0 bridgehead atoms. The second-order valence-electron chi connectivity index (χ2n) is 11.4. The molecular formula is C27H37N7O3S2. The lowest BCUT2D eigenvalue weighted by molar-refractivity contribution is 0.00791. The predicted molar refractivity (Wildman–Crippen MR) is 154 cm³/mol. The first-order valence-electron chi connectivity index (χ1n) is 14.4. The molecule has 3 aromatic heterocycles. The Labute approximate surface area is 233 Å². The van der Waals surface area contributed by atoms with E-state index in [0.717, 1.165) is 68.3 Å². The number of anilines is 3. The zero-order valence-corrected chi connectivity index (χ0v) is 23.9. The van der Waals surface area contributed by atoms with Crippen molar-refractivity contribution in [3.8, 4) is 0 Å². The van der Waals surface area contributed by atoms with E-state index in [-0.39, 0.29) is 17.5 Å². The van der Waals surface area contributed by atoms with Crippen molar-refractivity contribution >= 4 is 48.8 Å². The molecule has 2 saturated heterocycles. The molecule has 2 aliphatic heterocycles. The van der Waals surface area contributed by atoms with E-state index in [2.05, 4.69) is 20.6 Å². The standard InChI is InChI=1S/C27H37N7O3S2/c35-39(36)14-8-21(9-15-39)34-17-19(16-28-34)30-27-31-25(24-22-2-1-3-23(22)38-26(24)32-27)29-18-4-6-20(7-5-18)33-10-12-37-13-11-33/h16-18,20-21H,1-15H2,(H2,29,30,31,32)/t18-,20-. The van der Waals surface area contributed by atoms with Crippen molar-refractivity contribution in [2.45, 2.75) is 75.9 Å². The summed E-state index contributed by atoms with van der Waals surface area (Å²) in [6.07, 6.45) is 13.1. The summed E-state index contributed by atoms with van der Waals surface area (Å²) >= 11 is 1.81. The number of aromatic nitrogens is 4. The average Bonchev–Trinajstić information content (AvgIpc) is 3.66. The molecule has 4 aliphatic rings. The van der Waals surface area contributed by atoms with Gasteiger partial charge >= 0.3 is 0 Å². The van der Waals surface area contributed by atoms with Crippen molar-refractivity contribution in [1.82, 2.24) is 24.6 Å². The Balaban J connectivity index is 1.09. The SMILES string of the molecule is O=S1(=O)CCC(n2cc(Nc3nc(N[C@H]4CC[C@H](N5CCOCC5)CC4)c4c5c(sc4n3)CCC5)cn2)CC1. The first kappa shape index (κ1) is 25.7. The zero-order chi connectivity index (χ0) is 26.4. The maximum absolute atomic E-state index is 11.8. The fraction of sp³-hybridized carbons (Fsp3) is 0.667. The number of nitrogens with zero attached hydrogens (tertiary/aromatic N) is 5. The summed E-state index contributed by atoms with van der Waals surface area (Å²) in [6, 6.07) is 1.19. The Kier molecular flexibility index (Phi) is 6.98. The number of hydrogen-bond acceptors (Lipinski definition) is 10. The summed E-state index contributed by atoms with van der Waals surface area (Å²) in [4.78, 5) is 15.1. The van der Waals surface area contributed by atoms with E-state index in [1.807, 2.05) is 10.9 Å². The highest BCUT2D eigenvalue weighted by molar-refractivity contribution is 7.91. The Bertz CT molecular complexity index is 1420. The van der Waals surface area contributed by atoms with Gasteiger partial charge in [-0.1, -0.05) is 0 Å². The van der Waals surface area contributed by atoms with Crippen LogP contribution >= 0.6 is 11.3 Å². The van der Waals surface area contributed by atoms with Gasteiger partial charge in [0.2, 0.25) is 5.95 Å². The van der Waals surface area contributed by atoms with Crippen LogP contribution in [-0.2, 0) is 27.4 Å². The first-order valence-corrected chi connectivity index (χ1v) is 17.1. The van der Waals surface area contributed by atoms with Crippen LogP contribution in [0.4, 0.5) is 17.5 Å². The Morgan fingerprint density at radius 1 is 0.974 bits per heavy atom. The van der Waals surface area contributed by atoms with Gasteiger partial charge in [-0.3, -0.25) is 9.58 Å². The van der Waals surface area contributed by atoms with Crippen molar-refractivity contribution < 1.29 is 13.2 Å². The molecule has 2 aliphatic carbocycles. The second-order valence-corrected chi connectivity index (χ2v) is 14.8. The lowest BCUT2D eigenvalue weighted by atomic mass is 9.90. The van der Waals surface area contributed by atoms with Crippen LogP contribution in [0.3, 0.4) is 0 Å². The molecular weight excluding hydrogens is 534 g/mol. The number of hydrogen-bond donors (Lipinski definition) is 2. The minimum absolute atomic E-state index is 0.109. The van der Waals surface area contributed by atoms with Gasteiger partial charge in [0.1, 0.15) is 20.5 Å². The van der Waals surface area contributed by atoms with Crippen LogP contribution in [0.25, 0.3) is 10.2 Å². The van der Waals surface area contributed by atoms with Gasteiger partial charge in [-0.25, -0.2) is 13.4 Å². The van der Waals surface area contributed by atoms with Gasteiger partial charge in [0.15, 0.2) is 0 Å². The van der Waals surface area contributed by atoms with Gasteiger partial charge in [-0.15, -0.1) is 11.3 Å².